The van der Waals surface area contributed by atoms with Crippen LogP contribution in [0.25, 0.3) is 0 Å². The number of carbonyl (C=O) groups excluding carboxylic acids is 1. The van der Waals surface area contributed by atoms with Crippen LogP contribution in [0.3, 0.4) is 0 Å². The first kappa shape index (κ1) is 21.3. The molecule has 2 aromatic heterocycles. The van der Waals surface area contributed by atoms with E-state index in [0.717, 1.165) is 0 Å². The van der Waals surface area contributed by atoms with Gasteiger partial charge in [0.15, 0.2) is 23.0 Å². The summed E-state index contributed by atoms with van der Waals surface area (Å²) in [4.78, 5) is 18.4. The summed E-state index contributed by atoms with van der Waals surface area (Å²) in [6.07, 6.45) is 0.835. The van der Waals surface area contributed by atoms with Crippen molar-refractivity contribution in [2.75, 3.05) is 12.8 Å². The van der Waals surface area contributed by atoms with E-state index in [-0.39, 0.29) is 29.5 Å². The summed E-state index contributed by atoms with van der Waals surface area (Å²) in [7, 11) is 1.56. The van der Waals surface area contributed by atoms with Crippen LogP contribution in [0.5, 0.6) is 5.75 Å². The van der Waals surface area contributed by atoms with Crippen LogP contribution in [0.4, 0.5) is 10.2 Å². The molecule has 2 N–H and O–H groups in total. The molecule has 154 valence electrons. The van der Waals surface area contributed by atoms with Crippen molar-refractivity contribution >= 4 is 27.7 Å². The number of anilines is 1. The number of hydrogen-bond acceptors (Lipinski definition) is 7. The standard InChI is InChI=1S/C20H17BrFN5O3/c1-11(29-18-5-12(21)9-25-19(18)24)17-6-13(22)3-4-16(17)20(28)27(2)10-15-7-14(8-23)26-30-15/h3-7,9,11H,10H2,1-2H3,(H2,24,25)/t11-/m1/s1. The van der Waals surface area contributed by atoms with E-state index in [2.05, 4.69) is 26.1 Å². The fourth-order valence-corrected chi connectivity index (χ4v) is 3.11. The summed E-state index contributed by atoms with van der Waals surface area (Å²) in [6.45, 7) is 1.77. The lowest BCUT2D eigenvalue weighted by Gasteiger charge is -2.22. The summed E-state index contributed by atoms with van der Waals surface area (Å²) < 4.78 is 25.5. The van der Waals surface area contributed by atoms with E-state index in [9.17, 15) is 9.18 Å². The molecule has 0 aliphatic carbocycles. The number of ether oxygens (including phenoxy) is 1. The fourth-order valence-electron chi connectivity index (χ4n) is 2.80. The van der Waals surface area contributed by atoms with Crippen molar-refractivity contribution in [3.8, 4) is 11.8 Å². The molecule has 0 radical (unpaired) electrons. The molecule has 1 atom stereocenters. The Morgan fingerprint density at radius 3 is 2.90 bits per heavy atom. The summed E-state index contributed by atoms with van der Waals surface area (Å²) in [5.41, 5.74) is 6.57. The molecule has 30 heavy (non-hydrogen) atoms. The normalized spacial score (nSPS) is 11.6. The van der Waals surface area contributed by atoms with Crippen LogP contribution in [0, 0.1) is 17.1 Å². The highest BCUT2D eigenvalue weighted by Crippen LogP contribution is 2.30. The number of hydrogen-bond donors (Lipinski definition) is 1. The number of rotatable bonds is 6. The first-order valence-electron chi connectivity index (χ1n) is 8.76. The van der Waals surface area contributed by atoms with E-state index in [1.165, 1.54) is 35.4 Å². The van der Waals surface area contributed by atoms with E-state index in [4.69, 9.17) is 20.3 Å². The molecule has 0 fully saturated rings. The maximum Gasteiger partial charge on any atom is 0.254 e. The molecule has 0 unspecified atom stereocenters. The highest BCUT2D eigenvalue weighted by molar-refractivity contribution is 9.10. The van der Waals surface area contributed by atoms with E-state index in [0.29, 0.717) is 21.5 Å². The summed E-state index contributed by atoms with van der Waals surface area (Å²) in [5, 5.41) is 12.4. The number of halogens is 2. The molecule has 2 heterocycles. The van der Waals surface area contributed by atoms with Gasteiger partial charge in [0.25, 0.3) is 5.91 Å². The third kappa shape index (κ3) is 4.75. The average Bonchev–Trinajstić information content (AvgIpc) is 3.17. The summed E-state index contributed by atoms with van der Waals surface area (Å²) in [6, 6.07) is 8.79. The van der Waals surface area contributed by atoms with Gasteiger partial charge in [-0.05, 0) is 47.1 Å². The number of nitrogens with zero attached hydrogens (tertiary/aromatic N) is 4. The average molecular weight is 474 g/mol. The largest absolute Gasteiger partial charge is 0.482 e. The Morgan fingerprint density at radius 1 is 1.43 bits per heavy atom. The van der Waals surface area contributed by atoms with Crippen molar-refractivity contribution in [1.82, 2.24) is 15.0 Å². The van der Waals surface area contributed by atoms with Gasteiger partial charge >= 0.3 is 0 Å². The zero-order valence-electron chi connectivity index (χ0n) is 16.1. The predicted octanol–water partition coefficient (Wildman–Crippen LogP) is 3.84. The zero-order valence-corrected chi connectivity index (χ0v) is 17.7. The maximum atomic E-state index is 14.0. The summed E-state index contributed by atoms with van der Waals surface area (Å²) in [5.74, 6) is -0.0587. The molecule has 3 rings (SSSR count). The molecule has 3 aromatic rings. The zero-order chi connectivity index (χ0) is 21.8. The first-order chi connectivity index (χ1) is 14.3. The van der Waals surface area contributed by atoms with Crippen LogP contribution in [-0.2, 0) is 6.54 Å². The Morgan fingerprint density at radius 2 is 2.20 bits per heavy atom. The lowest BCUT2D eigenvalue weighted by molar-refractivity contribution is 0.0767. The topological polar surface area (TPSA) is 118 Å². The number of nitrogen functional groups attached to an aromatic ring is 1. The Balaban J connectivity index is 1.85. The van der Waals surface area contributed by atoms with Gasteiger partial charge in [-0.2, -0.15) is 5.26 Å². The van der Waals surface area contributed by atoms with Crippen LogP contribution >= 0.6 is 15.9 Å². The van der Waals surface area contributed by atoms with Crippen LogP contribution in [-0.4, -0.2) is 28.0 Å². The molecule has 8 nitrogen and oxygen atoms in total. The van der Waals surface area contributed by atoms with Crippen LogP contribution < -0.4 is 10.5 Å². The number of amides is 1. The van der Waals surface area contributed by atoms with E-state index in [1.54, 1.807) is 20.0 Å². The first-order valence-corrected chi connectivity index (χ1v) is 9.56. The molecule has 0 aliphatic heterocycles. The minimum atomic E-state index is -0.693. The second kappa shape index (κ2) is 8.92. The van der Waals surface area contributed by atoms with E-state index in [1.807, 2.05) is 6.07 Å². The van der Waals surface area contributed by atoms with Crippen molar-refractivity contribution in [3.63, 3.8) is 0 Å². The Labute approximate surface area is 180 Å². The van der Waals surface area contributed by atoms with Gasteiger partial charge in [-0.1, -0.05) is 5.16 Å². The number of pyridine rings is 1. The Hall–Kier alpha value is -3.45. The minimum Gasteiger partial charge on any atom is -0.482 e. The molecule has 0 spiro atoms. The van der Waals surface area contributed by atoms with Crippen molar-refractivity contribution in [1.29, 1.82) is 5.26 Å². The number of benzene rings is 1. The van der Waals surface area contributed by atoms with Crippen LogP contribution in [0.15, 0.2) is 45.5 Å². The molecule has 0 aliphatic rings. The van der Waals surface area contributed by atoms with Gasteiger partial charge in [0, 0.05) is 34.9 Å². The second-order valence-corrected chi connectivity index (χ2v) is 7.40. The van der Waals surface area contributed by atoms with E-state index < -0.39 is 11.9 Å². The Bertz CT molecular complexity index is 1130. The van der Waals surface area contributed by atoms with Crippen molar-refractivity contribution in [2.45, 2.75) is 19.6 Å². The van der Waals surface area contributed by atoms with Gasteiger partial charge in [0.1, 0.15) is 18.0 Å². The van der Waals surface area contributed by atoms with Gasteiger partial charge in [-0.15, -0.1) is 0 Å². The van der Waals surface area contributed by atoms with Gasteiger partial charge in [-0.3, -0.25) is 4.79 Å². The van der Waals surface area contributed by atoms with Crippen molar-refractivity contribution in [3.05, 3.63) is 69.4 Å². The highest BCUT2D eigenvalue weighted by atomic mass is 79.9. The molecule has 0 saturated heterocycles. The predicted molar refractivity (Wildman–Crippen MR) is 109 cm³/mol. The molecular formula is C20H17BrFN5O3. The molecule has 0 bridgehead atoms. The highest BCUT2D eigenvalue weighted by Gasteiger charge is 2.23. The number of aromatic nitrogens is 2. The third-order valence-electron chi connectivity index (χ3n) is 4.25. The fraction of sp³-hybridized carbons (Fsp3) is 0.200. The van der Waals surface area contributed by atoms with Crippen molar-refractivity contribution < 1.29 is 18.4 Å². The monoisotopic (exact) mass is 473 g/mol. The molecule has 0 saturated carbocycles. The van der Waals surface area contributed by atoms with Crippen LogP contribution in [0.2, 0.25) is 0 Å². The number of nitrogens with two attached hydrogens (primary N) is 1. The van der Waals surface area contributed by atoms with Crippen molar-refractivity contribution in [2.24, 2.45) is 0 Å². The number of nitriles is 1. The van der Waals surface area contributed by atoms with E-state index >= 15 is 0 Å². The van der Waals surface area contributed by atoms with Gasteiger partial charge < -0.3 is 19.9 Å². The molecular weight excluding hydrogens is 457 g/mol. The minimum absolute atomic E-state index is 0.0854. The quantitative estimate of drug-likeness (QED) is 0.577. The molecule has 1 amide bonds. The van der Waals surface area contributed by atoms with Gasteiger partial charge in [-0.25, -0.2) is 9.37 Å². The number of carbonyl (C=O) groups is 1. The van der Waals surface area contributed by atoms with Crippen LogP contribution in [0.1, 0.15) is 40.4 Å². The molecule has 10 heteroatoms. The second-order valence-electron chi connectivity index (χ2n) is 6.48. The lowest BCUT2D eigenvalue weighted by Crippen LogP contribution is -2.27. The SMILES string of the molecule is C[C@@H](Oc1cc(Br)cnc1N)c1cc(F)ccc1C(=O)N(C)Cc1cc(C#N)no1. The smallest absolute Gasteiger partial charge is 0.254 e. The van der Waals surface area contributed by atoms with Gasteiger partial charge in [0.2, 0.25) is 0 Å². The summed E-state index contributed by atoms with van der Waals surface area (Å²) >= 11 is 3.30. The Kier molecular flexibility index (Phi) is 6.32. The molecule has 1 aromatic carbocycles. The lowest BCUT2D eigenvalue weighted by atomic mass is 10.0. The third-order valence-corrected chi connectivity index (χ3v) is 4.68. The van der Waals surface area contributed by atoms with Gasteiger partial charge in [0.05, 0.1) is 6.54 Å². The maximum absolute atomic E-state index is 14.0.